The second-order valence-electron chi connectivity index (χ2n) is 10.4. The molecule has 0 bridgehead atoms. The summed E-state index contributed by atoms with van der Waals surface area (Å²) in [6.45, 7) is 3.10. The summed E-state index contributed by atoms with van der Waals surface area (Å²) in [6.07, 6.45) is 5.52. The Hall–Kier alpha value is -4.10. The van der Waals surface area contributed by atoms with Crippen LogP contribution in [0.15, 0.2) is 76.4 Å². The van der Waals surface area contributed by atoms with Crippen molar-refractivity contribution in [2.75, 3.05) is 32.0 Å². The number of hydroxylamine groups is 2. The van der Waals surface area contributed by atoms with Gasteiger partial charge in [0.15, 0.2) is 0 Å². The lowest BCUT2D eigenvalue weighted by molar-refractivity contribution is -0.187. The van der Waals surface area contributed by atoms with Crippen LogP contribution in [0.25, 0.3) is 17.2 Å². The lowest BCUT2D eigenvalue weighted by Gasteiger charge is -2.36. The molecule has 42 heavy (non-hydrogen) atoms. The van der Waals surface area contributed by atoms with Crippen LogP contribution in [0.3, 0.4) is 0 Å². The number of carbonyl (C=O) groups excluding carboxylic acids is 1. The molecule has 0 unspecified atom stereocenters. The fourth-order valence-electron chi connectivity index (χ4n) is 4.76. The molecule has 3 heterocycles. The van der Waals surface area contributed by atoms with Crippen molar-refractivity contribution < 1.29 is 23.2 Å². The Morgan fingerprint density at radius 3 is 2.57 bits per heavy atom. The predicted molar refractivity (Wildman–Crippen MR) is 161 cm³/mol. The lowest BCUT2D eigenvalue weighted by Crippen LogP contribution is -2.51. The van der Waals surface area contributed by atoms with E-state index in [1.807, 2.05) is 31.2 Å². The molecule has 2 aliphatic heterocycles. The number of nitrogen functional groups attached to an aromatic ring is 1. The molecule has 2 aliphatic rings. The van der Waals surface area contributed by atoms with Crippen LogP contribution in [0.2, 0.25) is 0 Å². The van der Waals surface area contributed by atoms with Gasteiger partial charge in [0.25, 0.3) is 5.91 Å². The number of rotatable bonds is 10. The van der Waals surface area contributed by atoms with Crippen LogP contribution < -0.4 is 11.5 Å². The molecule has 0 atom stereocenters. The highest BCUT2D eigenvalue weighted by Gasteiger charge is 2.36. The number of hydrogen-bond acceptors (Lipinski definition) is 9. The minimum atomic E-state index is -3.72. The highest BCUT2D eigenvalue weighted by atomic mass is 32.2. The topological polar surface area (TPSA) is 164 Å². The molecule has 220 valence electrons. The van der Waals surface area contributed by atoms with Crippen molar-refractivity contribution >= 4 is 39.2 Å². The number of amidine groups is 1. The van der Waals surface area contributed by atoms with Gasteiger partial charge in [-0.2, -0.15) is 4.31 Å². The number of benzene rings is 2. The van der Waals surface area contributed by atoms with Crippen molar-refractivity contribution in [3.05, 3.63) is 77.6 Å². The van der Waals surface area contributed by atoms with Crippen LogP contribution in [0.1, 0.15) is 30.9 Å². The molecule has 3 aromatic rings. The van der Waals surface area contributed by atoms with Crippen molar-refractivity contribution in [2.24, 2.45) is 16.6 Å². The number of aliphatic hydroxyl groups excluding tert-OH is 1. The number of hydrogen-bond donors (Lipinski definition) is 3. The molecule has 2 aromatic carbocycles. The Bertz CT molecular complexity index is 1630. The number of nitrogens with two attached hydrogens (primary N) is 2. The first-order chi connectivity index (χ1) is 20.2. The van der Waals surface area contributed by atoms with Gasteiger partial charge < -0.3 is 16.6 Å². The highest BCUT2D eigenvalue weighted by molar-refractivity contribution is 7.89. The quantitative estimate of drug-likeness (QED) is 0.239. The summed E-state index contributed by atoms with van der Waals surface area (Å²) in [5.74, 6) is -0.0666. The van der Waals surface area contributed by atoms with Crippen LogP contribution in [0.5, 0.6) is 0 Å². The summed E-state index contributed by atoms with van der Waals surface area (Å²) in [5, 5.41) is 10.6. The summed E-state index contributed by atoms with van der Waals surface area (Å²) in [4.78, 5) is 28.2. The van der Waals surface area contributed by atoms with E-state index >= 15 is 0 Å². The van der Waals surface area contributed by atoms with Gasteiger partial charge in [0.2, 0.25) is 10.0 Å². The van der Waals surface area contributed by atoms with Crippen LogP contribution in [0.4, 0.5) is 11.4 Å². The summed E-state index contributed by atoms with van der Waals surface area (Å²) in [6, 6.07) is 14.3. The van der Waals surface area contributed by atoms with Crippen molar-refractivity contribution in [3.63, 3.8) is 0 Å². The van der Waals surface area contributed by atoms with Crippen LogP contribution in [-0.4, -0.2) is 65.9 Å². The number of aliphatic hydroxyl groups is 1. The third-order valence-corrected chi connectivity index (χ3v) is 8.95. The summed E-state index contributed by atoms with van der Waals surface area (Å²) >= 11 is 0. The molecule has 12 heteroatoms. The number of pyridine rings is 1. The van der Waals surface area contributed by atoms with Gasteiger partial charge >= 0.3 is 0 Å². The summed E-state index contributed by atoms with van der Waals surface area (Å²) in [5.41, 5.74) is 16.6. The third-order valence-electron chi connectivity index (χ3n) is 7.16. The van der Waals surface area contributed by atoms with Gasteiger partial charge in [0, 0.05) is 73.4 Å². The SMILES string of the molecule is CCCN(OCc1ccc(N)cc1)C(=O)C1=Cc2ccc(-c3cncc(S(=O)(=O)N4CC(CO)C4)c3)cc2N=C(N)C1. The van der Waals surface area contributed by atoms with Gasteiger partial charge in [-0.25, -0.2) is 18.5 Å². The summed E-state index contributed by atoms with van der Waals surface area (Å²) < 4.78 is 27.4. The maximum absolute atomic E-state index is 13.5. The Balaban J connectivity index is 1.38. The average Bonchev–Trinajstić information content (AvgIpc) is 3.12. The zero-order valence-corrected chi connectivity index (χ0v) is 24.1. The number of sulfonamides is 1. The van der Waals surface area contributed by atoms with E-state index in [9.17, 15) is 18.3 Å². The molecule has 0 radical (unpaired) electrons. The molecule has 0 aliphatic carbocycles. The Labute approximate surface area is 245 Å². The van der Waals surface area contributed by atoms with Crippen LogP contribution >= 0.6 is 0 Å². The summed E-state index contributed by atoms with van der Waals surface area (Å²) in [7, 11) is -3.72. The van der Waals surface area contributed by atoms with Crippen LogP contribution in [-0.2, 0) is 26.3 Å². The molecule has 0 saturated carbocycles. The lowest BCUT2D eigenvalue weighted by atomic mass is 10.0. The first-order valence-corrected chi connectivity index (χ1v) is 15.1. The third kappa shape index (κ3) is 6.36. The van der Waals surface area contributed by atoms with Gasteiger partial charge in [-0.3, -0.25) is 14.6 Å². The van der Waals surface area contributed by atoms with E-state index in [0.29, 0.717) is 46.6 Å². The van der Waals surface area contributed by atoms with E-state index in [1.54, 1.807) is 36.5 Å². The zero-order valence-electron chi connectivity index (χ0n) is 23.3. The fourth-order valence-corrected chi connectivity index (χ4v) is 6.35. The van der Waals surface area contributed by atoms with Gasteiger partial charge in [-0.05, 0) is 47.9 Å². The van der Waals surface area contributed by atoms with Crippen LogP contribution in [0, 0.1) is 5.92 Å². The Morgan fingerprint density at radius 1 is 1.10 bits per heavy atom. The monoisotopic (exact) mass is 590 g/mol. The van der Waals surface area contributed by atoms with Gasteiger partial charge in [0.1, 0.15) is 17.3 Å². The molecule has 1 amide bonds. The van der Waals surface area contributed by atoms with Gasteiger partial charge in [-0.15, -0.1) is 0 Å². The molecule has 11 nitrogen and oxygen atoms in total. The van der Waals surface area contributed by atoms with Crippen molar-refractivity contribution in [3.8, 4) is 11.1 Å². The highest BCUT2D eigenvalue weighted by Crippen LogP contribution is 2.33. The second kappa shape index (κ2) is 12.4. The van der Waals surface area contributed by atoms with E-state index in [1.165, 1.54) is 15.6 Å². The molecular formula is C30H34N6O5S. The van der Waals surface area contributed by atoms with Gasteiger partial charge in [-0.1, -0.05) is 31.2 Å². The molecule has 5 N–H and O–H groups in total. The molecule has 1 saturated heterocycles. The van der Waals surface area contributed by atoms with Crippen molar-refractivity contribution in [1.29, 1.82) is 0 Å². The van der Waals surface area contributed by atoms with E-state index in [0.717, 1.165) is 5.56 Å². The minimum absolute atomic E-state index is 0.0435. The maximum Gasteiger partial charge on any atom is 0.273 e. The predicted octanol–water partition coefficient (Wildman–Crippen LogP) is 3.09. The normalized spacial score (nSPS) is 15.7. The molecule has 1 fully saturated rings. The smallest absolute Gasteiger partial charge is 0.273 e. The zero-order chi connectivity index (χ0) is 29.9. The maximum atomic E-state index is 13.5. The Morgan fingerprint density at radius 2 is 1.86 bits per heavy atom. The number of fused-ring (bicyclic) bond motifs is 1. The number of carbonyl (C=O) groups is 1. The largest absolute Gasteiger partial charge is 0.399 e. The standard InChI is InChI=1S/C30H34N6O5S/c1-2-9-36(41-19-20-3-7-26(31)8-4-20)30(38)24-10-23-6-5-22(12-28(23)34-29(32)13-24)25-11-27(15-33-14-25)42(39,40)35-16-21(17-35)18-37/h3-8,10-12,14-15,21,37H,2,9,13,16-19,31H2,1H3,(H2,32,34). The number of nitrogens with zero attached hydrogens (tertiary/aromatic N) is 4. The van der Waals surface area contributed by atoms with E-state index < -0.39 is 10.0 Å². The average molecular weight is 591 g/mol. The van der Waals surface area contributed by atoms with E-state index in [2.05, 4.69) is 9.98 Å². The van der Waals surface area contributed by atoms with E-state index in [4.69, 9.17) is 16.3 Å². The number of aromatic nitrogens is 1. The minimum Gasteiger partial charge on any atom is -0.399 e. The first kappa shape index (κ1) is 29.4. The number of anilines is 1. The van der Waals surface area contributed by atoms with Crippen molar-refractivity contribution in [2.45, 2.75) is 31.3 Å². The molecule has 0 spiro atoms. The Kier molecular flexibility index (Phi) is 8.69. The van der Waals surface area contributed by atoms with Crippen molar-refractivity contribution in [1.82, 2.24) is 14.4 Å². The molecule has 5 rings (SSSR count). The second-order valence-corrected chi connectivity index (χ2v) is 12.4. The molecule has 1 aromatic heterocycles. The van der Waals surface area contributed by atoms with E-state index in [-0.39, 0.29) is 55.3 Å². The fraction of sp³-hybridized carbons (Fsp3) is 0.300. The molecular weight excluding hydrogens is 556 g/mol. The number of amides is 1. The number of aliphatic imine (C=N–C) groups is 1. The first-order valence-electron chi connectivity index (χ1n) is 13.7. The van der Waals surface area contributed by atoms with Gasteiger partial charge in [0.05, 0.1) is 5.69 Å².